The highest BCUT2D eigenvalue weighted by atomic mass is 16.6. The van der Waals surface area contributed by atoms with Gasteiger partial charge in [0.05, 0.1) is 13.2 Å². The number of hydrogen-bond donors (Lipinski definition) is 1. The van der Waals surface area contributed by atoms with Crippen molar-refractivity contribution in [2.45, 2.75) is 6.92 Å². The molecule has 0 saturated carbocycles. The lowest BCUT2D eigenvalue weighted by atomic mass is 10.8. The molecule has 0 saturated heterocycles. The van der Waals surface area contributed by atoms with E-state index in [0.717, 1.165) is 0 Å². The van der Waals surface area contributed by atoms with Crippen molar-refractivity contribution in [1.82, 2.24) is 5.48 Å². The Morgan fingerprint density at radius 1 is 2.00 bits per heavy atom. The van der Waals surface area contributed by atoms with E-state index in [2.05, 4.69) is 23.8 Å². The predicted molar refractivity (Wildman–Crippen MR) is 23.4 cm³/mol. The van der Waals surface area contributed by atoms with Crippen molar-refractivity contribution in [2.24, 2.45) is 0 Å². The van der Waals surface area contributed by atoms with Gasteiger partial charge in [0.15, 0.2) is 0 Å². The number of rotatable bonds is 3. The molecule has 0 aromatic rings. The molecule has 0 atom stereocenters. The fourth-order valence-electron chi connectivity index (χ4n) is 0.123. The van der Waals surface area contributed by atoms with Crippen LogP contribution in [0.25, 0.3) is 0 Å². The second-order valence-electron chi connectivity index (χ2n) is 0.701. The zero-order valence-corrected chi connectivity index (χ0v) is 3.82. The molecular weight excluding hydrogens is 78.0 g/mol. The van der Waals surface area contributed by atoms with Crippen molar-refractivity contribution in [3.05, 3.63) is 13.5 Å². The normalized spacial score (nSPS) is 9.00. The molecule has 0 aromatic carbocycles. The molecule has 0 aliphatic heterocycles. The van der Waals surface area contributed by atoms with Crippen molar-refractivity contribution in [3.8, 4) is 0 Å². The highest BCUT2D eigenvalue weighted by Gasteiger charge is 1.71. The van der Waals surface area contributed by atoms with Crippen LogP contribution in [0.15, 0.2) is 0 Å². The molecule has 0 amide bonds. The highest BCUT2D eigenvalue weighted by Crippen LogP contribution is 1.63. The zero-order valence-electron chi connectivity index (χ0n) is 3.82. The summed E-state index contributed by atoms with van der Waals surface area (Å²) in [4.78, 5) is 4.51. The van der Waals surface area contributed by atoms with Gasteiger partial charge in [-0.2, -0.15) is 5.48 Å². The summed E-state index contributed by atoms with van der Waals surface area (Å²) in [5.74, 6) is 0. The first kappa shape index (κ1) is 5.92. The molecule has 3 radical (unpaired) electrons. The Labute approximate surface area is 38.5 Å². The van der Waals surface area contributed by atoms with E-state index in [1.807, 2.05) is 0 Å². The maximum atomic E-state index is 4.51. The van der Waals surface area contributed by atoms with Crippen molar-refractivity contribution < 1.29 is 4.84 Å². The van der Waals surface area contributed by atoms with E-state index in [0.29, 0.717) is 6.61 Å². The van der Waals surface area contributed by atoms with Gasteiger partial charge in [0.2, 0.25) is 0 Å². The molecule has 6 heavy (non-hydrogen) atoms. The van der Waals surface area contributed by atoms with Crippen LogP contribution in [0.4, 0.5) is 0 Å². The van der Waals surface area contributed by atoms with E-state index in [4.69, 9.17) is 0 Å². The topological polar surface area (TPSA) is 21.3 Å². The van der Waals surface area contributed by atoms with Crippen molar-refractivity contribution in [3.63, 3.8) is 0 Å². The Balaban J connectivity index is 2.34. The molecule has 0 spiro atoms. The van der Waals surface area contributed by atoms with Crippen LogP contribution in [0.2, 0.25) is 0 Å². The first-order valence-corrected chi connectivity index (χ1v) is 1.74. The van der Waals surface area contributed by atoms with E-state index in [9.17, 15) is 0 Å². The molecule has 0 bridgehead atoms. The average molecular weight is 86.1 g/mol. The van der Waals surface area contributed by atoms with E-state index in [1.165, 1.54) is 0 Å². The minimum atomic E-state index is 0.431. The zero-order chi connectivity index (χ0) is 4.83. The van der Waals surface area contributed by atoms with Crippen LogP contribution in [-0.2, 0) is 4.84 Å². The van der Waals surface area contributed by atoms with E-state index < -0.39 is 0 Å². The minimum absolute atomic E-state index is 0.431. The standard InChI is InChI=1S/C4H8NO/c1-3-5-6-4-2/h5H,2,4H2,1H3. The molecule has 35 valence electrons. The van der Waals surface area contributed by atoms with Crippen LogP contribution < -0.4 is 5.48 Å². The average Bonchev–Trinajstić information content (AvgIpc) is 1.61. The molecule has 0 aliphatic carbocycles. The predicted octanol–water partition coefficient (Wildman–Crippen LogP) is 0.400. The van der Waals surface area contributed by atoms with Crippen LogP contribution in [-0.4, -0.2) is 6.61 Å². The lowest BCUT2D eigenvalue weighted by Gasteiger charge is -1.93. The summed E-state index contributed by atoms with van der Waals surface area (Å²) < 4.78 is 0. The molecule has 0 aliphatic rings. The maximum absolute atomic E-state index is 4.51. The molecule has 1 N–H and O–H groups in total. The summed E-state index contributed by atoms with van der Waals surface area (Å²) in [6.07, 6.45) is 0. The van der Waals surface area contributed by atoms with Gasteiger partial charge in [-0.05, 0) is 13.8 Å². The van der Waals surface area contributed by atoms with Gasteiger partial charge in [0, 0.05) is 0 Å². The first-order chi connectivity index (χ1) is 2.91. The molecule has 0 rings (SSSR count). The summed E-state index contributed by atoms with van der Waals surface area (Å²) in [6.45, 7) is 8.10. The summed E-state index contributed by atoms with van der Waals surface area (Å²) in [6, 6.07) is 0. The summed E-state index contributed by atoms with van der Waals surface area (Å²) in [7, 11) is 0. The Hall–Kier alpha value is -0.0800. The first-order valence-electron chi connectivity index (χ1n) is 1.74. The van der Waals surface area contributed by atoms with E-state index >= 15 is 0 Å². The fourth-order valence-corrected chi connectivity index (χ4v) is 0.123. The Morgan fingerprint density at radius 3 is 2.83 bits per heavy atom. The smallest absolute Gasteiger partial charge is 0.0844 e. The SMILES string of the molecule is [CH2]CON[C]C. The minimum Gasteiger partial charge on any atom is -0.301 e. The maximum Gasteiger partial charge on any atom is 0.0844 e. The van der Waals surface area contributed by atoms with Gasteiger partial charge in [-0.25, -0.2) is 0 Å². The fraction of sp³-hybridized carbons (Fsp3) is 0.500. The second-order valence-corrected chi connectivity index (χ2v) is 0.701. The Kier molecular flexibility index (Phi) is 4.85. The van der Waals surface area contributed by atoms with Gasteiger partial charge in [-0.3, -0.25) is 0 Å². The van der Waals surface area contributed by atoms with E-state index in [1.54, 1.807) is 6.92 Å². The van der Waals surface area contributed by atoms with Gasteiger partial charge in [-0.15, -0.1) is 0 Å². The number of nitrogens with one attached hydrogen (secondary N) is 1. The van der Waals surface area contributed by atoms with Crippen molar-refractivity contribution in [1.29, 1.82) is 0 Å². The van der Waals surface area contributed by atoms with Crippen molar-refractivity contribution >= 4 is 0 Å². The van der Waals surface area contributed by atoms with Crippen molar-refractivity contribution in [2.75, 3.05) is 6.61 Å². The third kappa shape index (κ3) is 3.92. The lowest BCUT2D eigenvalue weighted by Crippen LogP contribution is -2.07. The third-order valence-corrected chi connectivity index (χ3v) is 0.276. The van der Waals surface area contributed by atoms with Crippen LogP contribution in [0.1, 0.15) is 6.92 Å². The summed E-state index contributed by atoms with van der Waals surface area (Å²) in [5, 5.41) is 0. The number of hydrogen-bond acceptors (Lipinski definition) is 2. The molecule has 0 heterocycles. The largest absolute Gasteiger partial charge is 0.301 e. The van der Waals surface area contributed by atoms with E-state index in [-0.39, 0.29) is 0 Å². The lowest BCUT2D eigenvalue weighted by molar-refractivity contribution is 0.0821. The van der Waals surface area contributed by atoms with Crippen LogP contribution in [0.5, 0.6) is 0 Å². The van der Waals surface area contributed by atoms with Crippen LogP contribution in [0.3, 0.4) is 0 Å². The molecule has 2 nitrogen and oxygen atoms in total. The summed E-state index contributed by atoms with van der Waals surface area (Å²) >= 11 is 0. The molecule has 0 fully saturated rings. The third-order valence-electron chi connectivity index (χ3n) is 0.276. The monoisotopic (exact) mass is 86.1 g/mol. The van der Waals surface area contributed by atoms with Crippen LogP contribution >= 0.6 is 0 Å². The Morgan fingerprint density at radius 2 is 2.67 bits per heavy atom. The molecular formula is C4H8NO. The van der Waals surface area contributed by atoms with Gasteiger partial charge in [0.1, 0.15) is 0 Å². The van der Waals surface area contributed by atoms with Gasteiger partial charge in [-0.1, -0.05) is 0 Å². The molecule has 0 unspecified atom stereocenters. The highest BCUT2D eigenvalue weighted by molar-refractivity contribution is 4.38. The number of hydroxylamine groups is 1. The van der Waals surface area contributed by atoms with Gasteiger partial charge >= 0.3 is 0 Å². The quantitative estimate of drug-likeness (QED) is 0.305. The second kappa shape index (κ2) is 4.92. The Bertz CT molecular complexity index is 19.5. The molecule has 2 heteroatoms. The van der Waals surface area contributed by atoms with Gasteiger partial charge in [0.25, 0.3) is 0 Å². The molecule has 0 aromatic heterocycles. The summed E-state index contributed by atoms with van der Waals surface area (Å²) in [5.41, 5.74) is 2.39. The van der Waals surface area contributed by atoms with Crippen LogP contribution in [0, 0.1) is 13.5 Å². The van der Waals surface area contributed by atoms with Gasteiger partial charge < -0.3 is 4.84 Å².